The molecule has 0 atom stereocenters. The van der Waals surface area contributed by atoms with Gasteiger partial charge in [-0.15, -0.1) is 11.6 Å². The van der Waals surface area contributed by atoms with Crippen molar-refractivity contribution in [2.75, 3.05) is 25.5 Å². The SMILES string of the molecule is CC(C)(C)OC(=O)NCCNCCCl. The van der Waals surface area contributed by atoms with E-state index in [1.54, 1.807) is 0 Å². The Morgan fingerprint density at radius 3 is 2.43 bits per heavy atom. The number of halogens is 1. The van der Waals surface area contributed by atoms with Gasteiger partial charge in [0.2, 0.25) is 0 Å². The summed E-state index contributed by atoms with van der Waals surface area (Å²) >= 11 is 5.46. The molecule has 0 saturated heterocycles. The lowest BCUT2D eigenvalue weighted by Gasteiger charge is -2.19. The fraction of sp³-hybridized carbons (Fsp3) is 0.889. The highest BCUT2D eigenvalue weighted by Crippen LogP contribution is 2.05. The second-order valence-electron chi connectivity index (χ2n) is 3.87. The predicted molar refractivity (Wildman–Crippen MR) is 57.8 cm³/mol. The molecule has 1 amide bonds. The van der Waals surface area contributed by atoms with E-state index in [0.29, 0.717) is 19.0 Å². The molecule has 0 aliphatic heterocycles. The van der Waals surface area contributed by atoms with Gasteiger partial charge in [0, 0.05) is 25.5 Å². The number of carbonyl (C=O) groups excluding carboxylic acids is 1. The van der Waals surface area contributed by atoms with E-state index in [2.05, 4.69) is 10.6 Å². The lowest BCUT2D eigenvalue weighted by atomic mass is 10.2. The number of alkyl carbamates (subject to hydrolysis) is 1. The topological polar surface area (TPSA) is 50.4 Å². The van der Waals surface area contributed by atoms with Crippen molar-refractivity contribution in [3.63, 3.8) is 0 Å². The van der Waals surface area contributed by atoms with Crippen LogP contribution in [-0.2, 0) is 4.74 Å². The van der Waals surface area contributed by atoms with E-state index in [9.17, 15) is 4.79 Å². The molecule has 0 aromatic carbocycles. The maximum atomic E-state index is 11.1. The highest BCUT2D eigenvalue weighted by Gasteiger charge is 2.15. The van der Waals surface area contributed by atoms with Crippen molar-refractivity contribution in [2.45, 2.75) is 26.4 Å². The summed E-state index contributed by atoms with van der Waals surface area (Å²) in [6.45, 7) is 7.49. The van der Waals surface area contributed by atoms with Crippen LogP contribution in [0.3, 0.4) is 0 Å². The first-order valence-electron chi connectivity index (χ1n) is 4.69. The zero-order valence-corrected chi connectivity index (χ0v) is 9.78. The Morgan fingerprint density at radius 1 is 1.29 bits per heavy atom. The smallest absolute Gasteiger partial charge is 0.407 e. The third kappa shape index (κ3) is 9.61. The molecule has 0 aliphatic carbocycles. The Balaban J connectivity index is 3.36. The summed E-state index contributed by atoms with van der Waals surface area (Å²) in [5.74, 6) is 0.576. The normalized spacial score (nSPS) is 11.1. The Morgan fingerprint density at radius 2 is 1.93 bits per heavy atom. The zero-order chi connectivity index (χ0) is 11.0. The van der Waals surface area contributed by atoms with Gasteiger partial charge >= 0.3 is 6.09 Å². The molecule has 0 spiro atoms. The fourth-order valence-corrected chi connectivity index (χ4v) is 0.893. The van der Waals surface area contributed by atoms with Crippen LogP contribution in [0.25, 0.3) is 0 Å². The second-order valence-corrected chi connectivity index (χ2v) is 4.25. The molecule has 0 aromatic heterocycles. The molecule has 0 aromatic rings. The van der Waals surface area contributed by atoms with Crippen LogP contribution in [0, 0.1) is 0 Å². The maximum absolute atomic E-state index is 11.1. The largest absolute Gasteiger partial charge is 0.444 e. The zero-order valence-electron chi connectivity index (χ0n) is 9.02. The minimum Gasteiger partial charge on any atom is -0.444 e. The number of nitrogens with one attached hydrogen (secondary N) is 2. The second kappa shape index (κ2) is 6.90. The summed E-state index contributed by atoms with van der Waals surface area (Å²) < 4.78 is 5.04. The summed E-state index contributed by atoms with van der Waals surface area (Å²) in [4.78, 5) is 11.1. The summed E-state index contributed by atoms with van der Waals surface area (Å²) in [5, 5.41) is 5.68. The van der Waals surface area contributed by atoms with Crippen molar-refractivity contribution in [2.24, 2.45) is 0 Å². The number of alkyl halides is 1. The van der Waals surface area contributed by atoms with E-state index in [1.807, 2.05) is 20.8 Å². The number of rotatable bonds is 5. The van der Waals surface area contributed by atoms with Crippen LogP contribution >= 0.6 is 11.6 Å². The van der Waals surface area contributed by atoms with Gasteiger partial charge in [-0.1, -0.05) is 0 Å². The Hall–Kier alpha value is -0.480. The van der Waals surface area contributed by atoms with Crippen LogP contribution in [0.1, 0.15) is 20.8 Å². The molecule has 84 valence electrons. The molecule has 5 heteroatoms. The molecule has 0 unspecified atom stereocenters. The Labute approximate surface area is 90.3 Å². The predicted octanol–water partition coefficient (Wildman–Crippen LogP) is 1.34. The van der Waals surface area contributed by atoms with Gasteiger partial charge in [0.15, 0.2) is 0 Å². The first-order valence-corrected chi connectivity index (χ1v) is 5.22. The van der Waals surface area contributed by atoms with Crippen LogP contribution in [-0.4, -0.2) is 37.2 Å². The number of amides is 1. The van der Waals surface area contributed by atoms with Gasteiger partial charge in [0.05, 0.1) is 0 Å². The molecular formula is C9H19ClN2O2. The van der Waals surface area contributed by atoms with Crippen molar-refractivity contribution in [1.29, 1.82) is 0 Å². The van der Waals surface area contributed by atoms with Gasteiger partial charge in [-0.2, -0.15) is 0 Å². The molecular weight excluding hydrogens is 204 g/mol. The quantitative estimate of drug-likeness (QED) is 0.545. The van der Waals surface area contributed by atoms with E-state index >= 15 is 0 Å². The van der Waals surface area contributed by atoms with Gasteiger partial charge in [0.25, 0.3) is 0 Å². The van der Waals surface area contributed by atoms with Crippen molar-refractivity contribution in [3.8, 4) is 0 Å². The van der Waals surface area contributed by atoms with Gasteiger partial charge in [-0.3, -0.25) is 0 Å². The monoisotopic (exact) mass is 222 g/mol. The van der Waals surface area contributed by atoms with Gasteiger partial charge < -0.3 is 15.4 Å². The molecule has 4 nitrogen and oxygen atoms in total. The molecule has 0 bridgehead atoms. The molecule has 0 saturated carbocycles. The summed E-state index contributed by atoms with van der Waals surface area (Å²) in [6, 6.07) is 0. The number of ether oxygens (including phenoxy) is 1. The van der Waals surface area contributed by atoms with Crippen LogP contribution in [0.2, 0.25) is 0 Å². The van der Waals surface area contributed by atoms with E-state index in [-0.39, 0.29) is 6.09 Å². The maximum Gasteiger partial charge on any atom is 0.407 e. The Bertz CT molecular complexity index is 169. The molecule has 0 fully saturated rings. The summed E-state index contributed by atoms with van der Waals surface area (Å²) in [6.07, 6.45) is -0.384. The fourth-order valence-electron chi connectivity index (χ4n) is 0.759. The van der Waals surface area contributed by atoms with Crippen LogP contribution < -0.4 is 10.6 Å². The first kappa shape index (κ1) is 13.5. The minimum absolute atomic E-state index is 0.384. The van der Waals surface area contributed by atoms with Gasteiger partial charge in [-0.25, -0.2) is 4.79 Å². The third-order valence-electron chi connectivity index (χ3n) is 1.24. The van der Waals surface area contributed by atoms with E-state index < -0.39 is 5.60 Å². The molecule has 0 radical (unpaired) electrons. The number of hydrogen-bond donors (Lipinski definition) is 2. The molecule has 0 aliphatic rings. The van der Waals surface area contributed by atoms with E-state index in [1.165, 1.54) is 0 Å². The van der Waals surface area contributed by atoms with Crippen molar-refractivity contribution >= 4 is 17.7 Å². The molecule has 0 heterocycles. The van der Waals surface area contributed by atoms with Crippen LogP contribution in [0.15, 0.2) is 0 Å². The van der Waals surface area contributed by atoms with Crippen LogP contribution in [0.4, 0.5) is 4.79 Å². The molecule has 0 rings (SSSR count). The highest BCUT2D eigenvalue weighted by molar-refractivity contribution is 6.18. The molecule has 14 heavy (non-hydrogen) atoms. The van der Waals surface area contributed by atoms with Gasteiger partial charge in [-0.05, 0) is 20.8 Å². The average Bonchev–Trinajstić information content (AvgIpc) is 2.00. The third-order valence-corrected chi connectivity index (χ3v) is 1.43. The lowest BCUT2D eigenvalue weighted by Crippen LogP contribution is -2.36. The number of hydrogen-bond acceptors (Lipinski definition) is 3. The van der Waals surface area contributed by atoms with Crippen molar-refractivity contribution in [1.82, 2.24) is 10.6 Å². The lowest BCUT2D eigenvalue weighted by molar-refractivity contribution is 0.0528. The highest BCUT2D eigenvalue weighted by atomic mass is 35.5. The van der Waals surface area contributed by atoms with Crippen molar-refractivity contribution < 1.29 is 9.53 Å². The minimum atomic E-state index is -0.437. The Kier molecular flexibility index (Phi) is 6.66. The van der Waals surface area contributed by atoms with E-state index in [0.717, 1.165) is 6.54 Å². The van der Waals surface area contributed by atoms with Crippen molar-refractivity contribution in [3.05, 3.63) is 0 Å². The molecule has 2 N–H and O–H groups in total. The van der Waals surface area contributed by atoms with E-state index in [4.69, 9.17) is 16.3 Å². The summed E-state index contributed by atoms with van der Waals surface area (Å²) in [7, 11) is 0. The average molecular weight is 223 g/mol. The standard InChI is InChI=1S/C9H19ClN2O2/c1-9(2,3)14-8(13)12-7-6-11-5-4-10/h11H,4-7H2,1-3H3,(H,12,13). The summed E-state index contributed by atoms with van der Waals surface area (Å²) in [5.41, 5.74) is -0.437. The van der Waals surface area contributed by atoms with Gasteiger partial charge in [0.1, 0.15) is 5.60 Å². The van der Waals surface area contributed by atoms with Crippen LogP contribution in [0.5, 0.6) is 0 Å². The number of carbonyl (C=O) groups is 1. The first-order chi connectivity index (χ1) is 6.45.